The van der Waals surface area contributed by atoms with E-state index in [2.05, 4.69) is 22.4 Å². The average Bonchev–Trinajstić information content (AvgIpc) is 3.11. The van der Waals surface area contributed by atoms with Crippen molar-refractivity contribution < 1.29 is 14.6 Å². The Morgan fingerprint density at radius 3 is 2.61 bits per heavy atom. The highest BCUT2D eigenvalue weighted by molar-refractivity contribution is 7.20. The molecule has 3 aromatic rings. The molecule has 146 valence electrons. The van der Waals surface area contributed by atoms with Crippen LogP contribution in [0, 0.1) is 5.41 Å². The summed E-state index contributed by atoms with van der Waals surface area (Å²) in [6.45, 7) is 1.91. The summed E-state index contributed by atoms with van der Waals surface area (Å²) < 4.78 is 7.04. The standard InChI is InChI=1S/C22H24N2O3S/c25-20(26)9-10-22(11-13-23-14-12-22)15-16-5-7-17(8-6-16)27-21-24-18-3-1-2-4-19(18)28-21/h1-8,23H,9-15H2,(H,25,26). The summed E-state index contributed by atoms with van der Waals surface area (Å²) in [6, 6.07) is 16.1. The number of carbonyl (C=O) groups is 1. The average molecular weight is 397 g/mol. The SMILES string of the molecule is O=C(O)CCC1(Cc2ccc(Oc3nc4ccccc4s3)cc2)CCNCC1. The first-order valence-electron chi connectivity index (χ1n) is 9.67. The molecule has 5 nitrogen and oxygen atoms in total. The minimum Gasteiger partial charge on any atom is -0.481 e. The van der Waals surface area contributed by atoms with Gasteiger partial charge in [-0.3, -0.25) is 4.79 Å². The first kappa shape index (κ1) is 18.9. The van der Waals surface area contributed by atoms with Crippen LogP contribution in [0.5, 0.6) is 10.9 Å². The van der Waals surface area contributed by atoms with Gasteiger partial charge >= 0.3 is 5.97 Å². The smallest absolute Gasteiger partial charge is 0.303 e. The van der Waals surface area contributed by atoms with Gasteiger partial charge in [0.2, 0.25) is 0 Å². The first-order chi connectivity index (χ1) is 13.6. The predicted molar refractivity (Wildman–Crippen MR) is 111 cm³/mol. The zero-order valence-electron chi connectivity index (χ0n) is 15.7. The quantitative estimate of drug-likeness (QED) is 0.596. The molecule has 0 amide bonds. The summed E-state index contributed by atoms with van der Waals surface area (Å²) in [5.41, 5.74) is 2.24. The van der Waals surface area contributed by atoms with E-state index in [1.54, 1.807) is 0 Å². The van der Waals surface area contributed by atoms with E-state index in [0.717, 1.165) is 54.7 Å². The van der Waals surface area contributed by atoms with Crippen molar-refractivity contribution in [3.63, 3.8) is 0 Å². The predicted octanol–water partition coefficient (Wildman–Crippen LogP) is 4.87. The Kier molecular flexibility index (Phi) is 5.59. The lowest BCUT2D eigenvalue weighted by molar-refractivity contribution is -0.137. The van der Waals surface area contributed by atoms with E-state index in [1.165, 1.54) is 16.9 Å². The summed E-state index contributed by atoms with van der Waals surface area (Å²) >= 11 is 1.54. The van der Waals surface area contributed by atoms with Crippen molar-refractivity contribution in [2.45, 2.75) is 32.1 Å². The minimum atomic E-state index is -0.711. The van der Waals surface area contributed by atoms with Crippen LogP contribution in [0.4, 0.5) is 0 Å². The van der Waals surface area contributed by atoms with E-state index in [4.69, 9.17) is 9.84 Å². The number of hydrogen-bond donors (Lipinski definition) is 2. The first-order valence-corrected chi connectivity index (χ1v) is 10.5. The fourth-order valence-corrected chi connectivity index (χ4v) is 4.78. The van der Waals surface area contributed by atoms with Gasteiger partial charge in [-0.2, -0.15) is 0 Å². The third-order valence-corrected chi connectivity index (χ3v) is 6.43. The highest BCUT2D eigenvalue weighted by Crippen LogP contribution is 2.38. The number of ether oxygens (including phenoxy) is 1. The van der Waals surface area contributed by atoms with E-state index in [1.807, 2.05) is 36.4 Å². The molecule has 2 heterocycles. The Labute approximate surface area is 168 Å². The molecule has 0 unspecified atom stereocenters. The molecule has 0 radical (unpaired) electrons. The third kappa shape index (κ3) is 4.51. The van der Waals surface area contributed by atoms with Gasteiger partial charge in [-0.25, -0.2) is 4.98 Å². The lowest BCUT2D eigenvalue weighted by atomic mass is 9.71. The number of fused-ring (bicyclic) bond motifs is 1. The normalized spacial score (nSPS) is 16.1. The summed E-state index contributed by atoms with van der Waals surface area (Å²) in [6.07, 6.45) is 3.91. The Morgan fingerprint density at radius 1 is 1.14 bits per heavy atom. The maximum Gasteiger partial charge on any atom is 0.303 e. The largest absolute Gasteiger partial charge is 0.481 e. The number of piperidine rings is 1. The van der Waals surface area contributed by atoms with E-state index in [9.17, 15) is 4.79 Å². The van der Waals surface area contributed by atoms with E-state index in [-0.39, 0.29) is 11.8 Å². The van der Waals surface area contributed by atoms with Crippen LogP contribution in [0.3, 0.4) is 0 Å². The maximum absolute atomic E-state index is 11.1. The van der Waals surface area contributed by atoms with Crippen LogP contribution in [-0.4, -0.2) is 29.1 Å². The Morgan fingerprint density at radius 2 is 1.89 bits per heavy atom. The van der Waals surface area contributed by atoms with Crippen LogP contribution in [0.25, 0.3) is 10.2 Å². The molecule has 0 bridgehead atoms. The molecule has 1 aromatic heterocycles. The monoisotopic (exact) mass is 396 g/mol. The lowest BCUT2D eigenvalue weighted by Gasteiger charge is -2.38. The Balaban J connectivity index is 1.44. The Bertz CT molecular complexity index is 913. The van der Waals surface area contributed by atoms with Crippen LogP contribution < -0.4 is 10.1 Å². The lowest BCUT2D eigenvalue weighted by Crippen LogP contribution is -2.38. The van der Waals surface area contributed by atoms with Gasteiger partial charge in [0.25, 0.3) is 5.19 Å². The van der Waals surface area contributed by atoms with Gasteiger partial charge in [-0.1, -0.05) is 35.6 Å². The highest BCUT2D eigenvalue weighted by Gasteiger charge is 2.32. The fourth-order valence-electron chi connectivity index (χ4n) is 3.95. The van der Waals surface area contributed by atoms with Gasteiger partial charge < -0.3 is 15.2 Å². The molecule has 2 aromatic carbocycles. The third-order valence-electron chi connectivity index (χ3n) is 5.52. The number of nitrogens with zero attached hydrogens (tertiary/aromatic N) is 1. The van der Waals surface area contributed by atoms with E-state index >= 15 is 0 Å². The number of benzene rings is 2. The maximum atomic E-state index is 11.1. The van der Waals surface area contributed by atoms with Crippen molar-refractivity contribution in [1.29, 1.82) is 0 Å². The molecule has 1 fully saturated rings. The van der Waals surface area contributed by atoms with Crippen LogP contribution in [0.2, 0.25) is 0 Å². The second-order valence-electron chi connectivity index (χ2n) is 7.51. The van der Waals surface area contributed by atoms with Crippen molar-refractivity contribution >= 4 is 27.5 Å². The van der Waals surface area contributed by atoms with Gasteiger partial charge in [0.15, 0.2) is 0 Å². The zero-order valence-corrected chi connectivity index (χ0v) is 16.5. The molecular weight excluding hydrogens is 372 g/mol. The number of hydrogen-bond acceptors (Lipinski definition) is 5. The number of carboxylic acid groups (broad SMARTS) is 1. The zero-order chi connectivity index (χ0) is 19.4. The number of para-hydroxylation sites is 1. The highest BCUT2D eigenvalue weighted by atomic mass is 32.1. The number of aromatic nitrogens is 1. The van der Waals surface area contributed by atoms with Crippen LogP contribution in [0.15, 0.2) is 48.5 Å². The van der Waals surface area contributed by atoms with Crippen LogP contribution >= 0.6 is 11.3 Å². The number of nitrogens with one attached hydrogen (secondary N) is 1. The topological polar surface area (TPSA) is 71.5 Å². The molecule has 0 aliphatic carbocycles. The number of carboxylic acids is 1. The molecular formula is C22H24N2O3S. The van der Waals surface area contributed by atoms with Crippen molar-refractivity contribution in [2.75, 3.05) is 13.1 Å². The fraction of sp³-hybridized carbons (Fsp3) is 0.364. The van der Waals surface area contributed by atoms with Gasteiger partial charge in [-0.05, 0) is 74.0 Å². The van der Waals surface area contributed by atoms with Crippen molar-refractivity contribution in [3.05, 3.63) is 54.1 Å². The van der Waals surface area contributed by atoms with E-state index in [0.29, 0.717) is 5.19 Å². The molecule has 0 spiro atoms. The minimum absolute atomic E-state index is 0.0685. The van der Waals surface area contributed by atoms with Crippen LogP contribution in [0.1, 0.15) is 31.2 Å². The Hall–Kier alpha value is -2.44. The molecule has 1 aliphatic rings. The molecule has 1 aliphatic heterocycles. The van der Waals surface area contributed by atoms with Gasteiger partial charge in [0, 0.05) is 6.42 Å². The molecule has 4 rings (SSSR count). The van der Waals surface area contributed by atoms with Crippen molar-refractivity contribution in [2.24, 2.45) is 5.41 Å². The van der Waals surface area contributed by atoms with Gasteiger partial charge in [-0.15, -0.1) is 0 Å². The van der Waals surface area contributed by atoms with Gasteiger partial charge in [0.1, 0.15) is 5.75 Å². The summed E-state index contributed by atoms with van der Waals surface area (Å²) in [5.74, 6) is 0.0604. The van der Waals surface area contributed by atoms with Crippen LogP contribution in [-0.2, 0) is 11.2 Å². The molecule has 6 heteroatoms. The van der Waals surface area contributed by atoms with Crippen molar-refractivity contribution in [3.8, 4) is 10.9 Å². The second kappa shape index (κ2) is 8.29. The number of thiazole rings is 1. The summed E-state index contributed by atoms with van der Waals surface area (Å²) in [7, 11) is 0. The second-order valence-corrected chi connectivity index (χ2v) is 8.51. The van der Waals surface area contributed by atoms with Gasteiger partial charge in [0.05, 0.1) is 10.2 Å². The molecule has 1 saturated heterocycles. The number of aliphatic carboxylic acids is 1. The molecule has 28 heavy (non-hydrogen) atoms. The number of rotatable bonds is 7. The summed E-state index contributed by atoms with van der Waals surface area (Å²) in [5, 5.41) is 13.1. The summed E-state index contributed by atoms with van der Waals surface area (Å²) in [4.78, 5) is 15.6. The molecule has 0 atom stereocenters. The van der Waals surface area contributed by atoms with Crippen molar-refractivity contribution in [1.82, 2.24) is 10.3 Å². The van der Waals surface area contributed by atoms with E-state index < -0.39 is 5.97 Å². The molecule has 2 N–H and O–H groups in total. The molecule has 0 saturated carbocycles.